The second kappa shape index (κ2) is 4.46. The molecule has 0 fully saturated rings. The number of carbonyl (C=O) groups is 1. The first-order chi connectivity index (χ1) is 8.11. The van der Waals surface area contributed by atoms with Crippen LogP contribution < -0.4 is 5.32 Å². The molecule has 0 saturated carbocycles. The maximum absolute atomic E-state index is 11.3. The van der Waals surface area contributed by atoms with Crippen LogP contribution in [0.5, 0.6) is 0 Å². The quantitative estimate of drug-likeness (QED) is 0.848. The van der Waals surface area contributed by atoms with Crippen molar-refractivity contribution in [3.8, 4) is 6.07 Å². The number of anilines is 1. The average molecular weight is 230 g/mol. The van der Waals surface area contributed by atoms with Gasteiger partial charge in [0.1, 0.15) is 17.4 Å². The zero-order valence-electron chi connectivity index (χ0n) is 9.96. The van der Waals surface area contributed by atoms with Crippen LogP contribution >= 0.6 is 0 Å². The molecule has 0 bridgehead atoms. The highest BCUT2D eigenvalue weighted by atomic mass is 16.4. The number of allylic oxidation sites excluding steroid dienone is 2. The summed E-state index contributed by atoms with van der Waals surface area (Å²) in [6.45, 7) is 3.67. The minimum atomic E-state index is 0.122. The van der Waals surface area contributed by atoms with Gasteiger partial charge in [0.2, 0.25) is 5.88 Å². The molecule has 0 saturated heterocycles. The van der Waals surface area contributed by atoms with Crippen LogP contribution in [0, 0.1) is 25.2 Å². The Labute approximate surface area is 99.9 Å². The van der Waals surface area contributed by atoms with E-state index in [1.165, 1.54) is 0 Å². The third-order valence-electron chi connectivity index (χ3n) is 2.98. The van der Waals surface area contributed by atoms with Gasteiger partial charge in [0.05, 0.1) is 0 Å². The zero-order chi connectivity index (χ0) is 12.4. The van der Waals surface area contributed by atoms with Crippen LogP contribution in [0.4, 0.5) is 5.88 Å². The summed E-state index contributed by atoms with van der Waals surface area (Å²) in [7, 11) is 0. The number of nitrogens with one attached hydrogen (secondary N) is 1. The van der Waals surface area contributed by atoms with E-state index in [0.717, 1.165) is 29.9 Å². The van der Waals surface area contributed by atoms with Gasteiger partial charge in [-0.15, -0.1) is 0 Å². The predicted molar refractivity (Wildman–Crippen MR) is 63.5 cm³/mol. The number of hydrogen-bond donors (Lipinski definition) is 1. The molecule has 0 aliphatic heterocycles. The Morgan fingerprint density at radius 3 is 2.82 bits per heavy atom. The van der Waals surface area contributed by atoms with Crippen LogP contribution in [-0.4, -0.2) is 5.78 Å². The van der Waals surface area contributed by atoms with Crippen molar-refractivity contribution in [3.63, 3.8) is 0 Å². The molecule has 1 aromatic rings. The highest BCUT2D eigenvalue weighted by Gasteiger charge is 2.17. The van der Waals surface area contributed by atoms with Crippen LogP contribution in [-0.2, 0) is 4.79 Å². The SMILES string of the molecule is Cc1oc(NC2=CC(=O)CCC2)c(C#N)c1C. The molecular formula is C13H14N2O2. The molecule has 2 rings (SSSR count). The van der Waals surface area contributed by atoms with Gasteiger partial charge in [0.25, 0.3) is 0 Å². The molecule has 0 spiro atoms. The van der Waals surface area contributed by atoms with Crippen molar-refractivity contribution in [1.29, 1.82) is 5.26 Å². The third kappa shape index (κ3) is 2.23. The van der Waals surface area contributed by atoms with E-state index in [0.29, 0.717) is 17.9 Å². The highest BCUT2D eigenvalue weighted by molar-refractivity contribution is 5.91. The number of carbonyl (C=O) groups excluding carboxylic acids is 1. The van der Waals surface area contributed by atoms with Gasteiger partial charge >= 0.3 is 0 Å². The summed E-state index contributed by atoms with van der Waals surface area (Å²) >= 11 is 0. The Kier molecular flexibility index (Phi) is 3.01. The summed E-state index contributed by atoms with van der Waals surface area (Å²) < 4.78 is 5.49. The smallest absolute Gasteiger partial charge is 0.215 e. The molecule has 1 aliphatic carbocycles. The normalized spacial score (nSPS) is 15.4. The fourth-order valence-corrected chi connectivity index (χ4v) is 1.89. The van der Waals surface area contributed by atoms with Crippen LogP contribution in [0.1, 0.15) is 36.1 Å². The molecule has 0 atom stereocenters. The summed E-state index contributed by atoms with van der Waals surface area (Å²) in [6, 6.07) is 2.12. The van der Waals surface area contributed by atoms with E-state index in [4.69, 9.17) is 9.68 Å². The van der Waals surface area contributed by atoms with E-state index < -0.39 is 0 Å². The van der Waals surface area contributed by atoms with Crippen molar-refractivity contribution in [3.05, 3.63) is 28.7 Å². The zero-order valence-corrected chi connectivity index (χ0v) is 9.96. The van der Waals surface area contributed by atoms with Gasteiger partial charge < -0.3 is 9.73 Å². The van der Waals surface area contributed by atoms with Crippen molar-refractivity contribution in [2.24, 2.45) is 0 Å². The van der Waals surface area contributed by atoms with E-state index >= 15 is 0 Å². The fourth-order valence-electron chi connectivity index (χ4n) is 1.89. The lowest BCUT2D eigenvalue weighted by Gasteiger charge is -2.12. The molecule has 1 heterocycles. The summed E-state index contributed by atoms with van der Waals surface area (Å²) in [5.41, 5.74) is 2.19. The van der Waals surface area contributed by atoms with Gasteiger partial charge in [-0.25, -0.2) is 0 Å². The maximum atomic E-state index is 11.3. The highest BCUT2D eigenvalue weighted by Crippen LogP contribution is 2.28. The predicted octanol–water partition coefficient (Wildman–Crippen LogP) is 2.82. The molecule has 17 heavy (non-hydrogen) atoms. The summed E-state index contributed by atoms with van der Waals surface area (Å²) in [5.74, 6) is 1.30. The Morgan fingerprint density at radius 2 is 2.18 bits per heavy atom. The largest absolute Gasteiger partial charge is 0.444 e. The van der Waals surface area contributed by atoms with E-state index in [1.54, 1.807) is 6.08 Å². The molecule has 0 unspecified atom stereocenters. The van der Waals surface area contributed by atoms with Crippen molar-refractivity contribution < 1.29 is 9.21 Å². The molecule has 88 valence electrons. The van der Waals surface area contributed by atoms with E-state index in [2.05, 4.69) is 11.4 Å². The Hall–Kier alpha value is -2.02. The van der Waals surface area contributed by atoms with Crippen LogP contribution in [0.25, 0.3) is 0 Å². The van der Waals surface area contributed by atoms with E-state index in [9.17, 15) is 4.79 Å². The monoisotopic (exact) mass is 230 g/mol. The first kappa shape index (κ1) is 11.5. The van der Waals surface area contributed by atoms with Gasteiger partial charge in [-0.1, -0.05) is 0 Å². The van der Waals surface area contributed by atoms with Gasteiger partial charge in [0, 0.05) is 23.8 Å². The number of hydrogen-bond acceptors (Lipinski definition) is 4. The molecule has 0 aromatic carbocycles. The lowest BCUT2D eigenvalue weighted by molar-refractivity contribution is -0.115. The lowest BCUT2D eigenvalue weighted by Crippen LogP contribution is -2.09. The first-order valence-electron chi connectivity index (χ1n) is 5.62. The summed E-state index contributed by atoms with van der Waals surface area (Å²) in [4.78, 5) is 11.3. The molecule has 1 aliphatic rings. The van der Waals surface area contributed by atoms with Crippen molar-refractivity contribution in [2.45, 2.75) is 33.1 Å². The average Bonchev–Trinajstić information content (AvgIpc) is 2.54. The molecule has 1 aromatic heterocycles. The van der Waals surface area contributed by atoms with Gasteiger partial charge in [-0.2, -0.15) is 5.26 Å². The lowest BCUT2D eigenvalue weighted by atomic mass is 10.0. The van der Waals surface area contributed by atoms with Crippen LogP contribution in [0.15, 0.2) is 16.2 Å². The van der Waals surface area contributed by atoms with Crippen molar-refractivity contribution >= 4 is 11.7 Å². The number of furan rings is 1. The van der Waals surface area contributed by atoms with Gasteiger partial charge in [0.15, 0.2) is 5.78 Å². The van der Waals surface area contributed by atoms with Crippen LogP contribution in [0.2, 0.25) is 0 Å². The fraction of sp³-hybridized carbons (Fsp3) is 0.385. The van der Waals surface area contributed by atoms with Gasteiger partial charge in [-0.3, -0.25) is 4.79 Å². The number of ketones is 1. The molecular weight excluding hydrogens is 216 g/mol. The molecule has 0 radical (unpaired) electrons. The standard InChI is InChI=1S/C13H14N2O2/c1-8-9(2)17-13(12(8)7-14)15-10-4-3-5-11(16)6-10/h6,15H,3-5H2,1-2H3. The van der Waals surface area contributed by atoms with E-state index in [1.807, 2.05) is 13.8 Å². The third-order valence-corrected chi connectivity index (χ3v) is 2.98. The second-order valence-corrected chi connectivity index (χ2v) is 4.21. The molecule has 4 heteroatoms. The maximum Gasteiger partial charge on any atom is 0.215 e. The molecule has 0 amide bonds. The van der Waals surface area contributed by atoms with Crippen molar-refractivity contribution in [2.75, 3.05) is 5.32 Å². The second-order valence-electron chi connectivity index (χ2n) is 4.21. The minimum Gasteiger partial charge on any atom is -0.444 e. The van der Waals surface area contributed by atoms with Crippen LogP contribution in [0.3, 0.4) is 0 Å². The van der Waals surface area contributed by atoms with Gasteiger partial charge in [-0.05, 0) is 26.7 Å². The number of aryl methyl sites for hydroxylation is 1. The van der Waals surface area contributed by atoms with Crippen molar-refractivity contribution in [1.82, 2.24) is 0 Å². The molecule has 4 nitrogen and oxygen atoms in total. The number of rotatable bonds is 2. The molecule has 1 N–H and O–H groups in total. The summed E-state index contributed by atoms with van der Waals surface area (Å²) in [6.07, 6.45) is 3.86. The number of nitriles is 1. The Balaban J connectivity index is 2.28. The topological polar surface area (TPSA) is 66.0 Å². The Bertz CT molecular complexity index is 532. The minimum absolute atomic E-state index is 0.122. The summed E-state index contributed by atoms with van der Waals surface area (Å²) in [5, 5.41) is 12.1. The Morgan fingerprint density at radius 1 is 1.41 bits per heavy atom. The van der Waals surface area contributed by atoms with E-state index in [-0.39, 0.29) is 5.78 Å². The number of nitrogens with zero attached hydrogens (tertiary/aromatic N) is 1. The first-order valence-corrected chi connectivity index (χ1v) is 5.62.